The van der Waals surface area contributed by atoms with Crippen molar-refractivity contribution in [2.45, 2.75) is 32.4 Å². The van der Waals surface area contributed by atoms with Crippen molar-refractivity contribution in [2.75, 3.05) is 6.54 Å². The lowest BCUT2D eigenvalue weighted by Crippen LogP contribution is -2.34. The van der Waals surface area contributed by atoms with Gasteiger partial charge in [-0.2, -0.15) is 0 Å². The van der Waals surface area contributed by atoms with Crippen molar-refractivity contribution in [3.8, 4) is 0 Å². The van der Waals surface area contributed by atoms with Gasteiger partial charge in [0, 0.05) is 6.04 Å². The largest absolute Gasteiger partial charge is 0.465 e. The summed E-state index contributed by atoms with van der Waals surface area (Å²) in [7, 11) is 0. The summed E-state index contributed by atoms with van der Waals surface area (Å²) >= 11 is 0. The minimum Gasteiger partial charge on any atom is -0.465 e. The lowest BCUT2D eigenvalue weighted by atomic mass is 10.4. The first kappa shape index (κ1) is 10.2. The highest BCUT2D eigenvalue weighted by molar-refractivity contribution is 5.77. The minimum absolute atomic E-state index is 0.0240. The van der Waals surface area contributed by atoms with Gasteiger partial charge < -0.3 is 15.1 Å². The fourth-order valence-electron chi connectivity index (χ4n) is 1.35. The highest BCUT2D eigenvalue weighted by atomic mass is 16.3. The Balaban J connectivity index is 1.65. The van der Waals surface area contributed by atoms with Gasteiger partial charge in [-0.05, 0) is 31.9 Å². The molecule has 1 aromatic rings. The first-order chi connectivity index (χ1) is 7.24. The van der Waals surface area contributed by atoms with Crippen LogP contribution in [0.15, 0.2) is 16.5 Å². The summed E-state index contributed by atoms with van der Waals surface area (Å²) in [6.07, 6.45) is 2.40. The predicted molar refractivity (Wildman–Crippen MR) is 56.3 cm³/mol. The third-order valence-electron chi connectivity index (χ3n) is 2.38. The Hall–Kier alpha value is -1.29. The number of rotatable bonds is 5. The molecule has 0 aromatic carbocycles. The Morgan fingerprint density at radius 1 is 1.53 bits per heavy atom. The van der Waals surface area contributed by atoms with Crippen LogP contribution in [0.1, 0.15) is 24.4 Å². The van der Waals surface area contributed by atoms with Crippen LogP contribution in [0.25, 0.3) is 0 Å². The van der Waals surface area contributed by atoms with Gasteiger partial charge in [-0.3, -0.25) is 4.79 Å². The van der Waals surface area contributed by atoms with E-state index in [-0.39, 0.29) is 5.91 Å². The maximum absolute atomic E-state index is 11.3. The van der Waals surface area contributed by atoms with Gasteiger partial charge in [0.2, 0.25) is 5.91 Å². The van der Waals surface area contributed by atoms with Gasteiger partial charge >= 0.3 is 0 Å². The lowest BCUT2D eigenvalue weighted by molar-refractivity contribution is -0.120. The number of carbonyl (C=O) groups is 1. The summed E-state index contributed by atoms with van der Waals surface area (Å²) in [4.78, 5) is 11.3. The second-order valence-corrected chi connectivity index (χ2v) is 3.94. The van der Waals surface area contributed by atoms with Gasteiger partial charge in [-0.1, -0.05) is 0 Å². The number of hydrogen-bond donors (Lipinski definition) is 2. The van der Waals surface area contributed by atoms with Crippen molar-refractivity contribution in [3.63, 3.8) is 0 Å². The molecule has 82 valence electrons. The standard InChI is InChI=1S/C11H16N2O2/c1-8-2-5-10(15-8)6-13-11(14)7-12-9-3-4-9/h2,5,9,12H,3-4,6-7H2,1H3,(H,13,14). The number of carbonyl (C=O) groups excluding carboxylic acids is 1. The second-order valence-electron chi connectivity index (χ2n) is 3.94. The molecule has 1 saturated carbocycles. The van der Waals surface area contributed by atoms with Crippen LogP contribution in [0, 0.1) is 6.92 Å². The normalized spacial score (nSPS) is 15.3. The Morgan fingerprint density at radius 2 is 2.33 bits per heavy atom. The summed E-state index contributed by atoms with van der Waals surface area (Å²) in [6, 6.07) is 4.34. The third-order valence-corrected chi connectivity index (χ3v) is 2.38. The van der Waals surface area contributed by atoms with E-state index in [1.54, 1.807) is 0 Å². The Kier molecular flexibility index (Phi) is 3.06. The number of aryl methyl sites for hydroxylation is 1. The smallest absolute Gasteiger partial charge is 0.234 e. The predicted octanol–water partition coefficient (Wildman–Crippen LogP) is 0.956. The number of furan rings is 1. The van der Waals surface area contributed by atoms with Crippen LogP contribution in [-0.4, -0.2) is 18.5 Å². The van der Waals surface area contributed by atoms with Crippen molar-refractivity contribution in [1.82, 2.24) is 10.6 Å². The number of hydrogen-bond acceptors (Lipinski definition) is 3. The van der Waals surface area contributed by atoms with Crippen LogP contribution >= 0.6 is 0 Å². The average Bonchev–Trinajstić information content (AvgIpc) is 2.95. The third kappa shape index (κ3) is 3.40. The molecule has 0 bridgehead atoms. The molecule has 0 aliphatic heterocycles. The van der Waals surface area contributed by atoms with E-state index >= 15 is 0 Å². The lowest BCUT2D eigenvalue weighted by Gasteiger charge is -2.03. The zero-order valence-electron chi connectivity index (χ0n) is 8.88. The fourth-order valence-corrected chi connectivity index (χ4v) is 1.35. The molecule has 1 fully saturated rings. The molecule has 0 radical (unpaired) electrons. The topological polar surface area (TPSA) is 54.3 Å². The second kappa shape index (κ2) is 4.49. The quantitative estimate of drug-likeness (QED) is 0.757. The van der Waals surface area contributed by atoms with Crippen molar-refractivity contribution in [3.05, 3.63) is 23.7 Å². The summed E-state index contributed by atoms with van der Waals surface area (Å²) in [5, 5.41) is 5.96. The van der Waals surface area contributed by atoms with Crippen molar-refractivity contribution < 1.29 is 9.21 Å². The molecule has 0 unspecified atom stereocenters. The molecule has 1 amide bonds. The zero-order chi connectivity index (χ0) is 10.7. The van der Waals surface area contributed by atoms with E-state index in [9.17, 15) is 4.79 Å². The van der Waals surface area contributed by atoms with E-state index < -0.39 is 0 Å². The molecular formula is C11H16N2O2. The molecule has 15 heavy (non-hydrogen) atoms. The van der Waals surface area contributed by atoms with Gasteiger partial charge in [0.15, 0.2) is 0 Å². The van der Waals surface area contributed by atoms with E-state index in [2.05, 4.69) is 10.6 Å². The molecule has 2 N–H and O–H groups in total. The summed E-state index contributed by atoms with van der Waals surface area (Å²) < 4.78 is 5.34. The maximum atomic E-state index is 11.3. The van der Waals surface area contributed by atoms with E-state index in [0.717, 1.165) is 11.5 Å². The number of nitrogens with one attached hydrogen (secondary N) is 2. The molecule has 4 nitrogen and oxygen atoms in total. The van der Waals surface area contributed by atoms with E-state index in [4.69, 9.17) is 4.42 Å². The van der Waals surface area contributed by atoms with Crippen molar-refractivity contribution in [2.24, 2.45) is 0 Å². The van der Waals surface area contributed by atoms with E-state index in [0.29, 0.717) is 19.1 Å². The van der Waals surface area contributed by atoms with Gasteiger partial charge in [-0.25, -0.2) is 0 Å². The summed E-state index contributed by atoms with van der Waals surface area (Å²) in [5.41, 5.74) is 0. The van der Waals surface area contributed by atoms with Crippen molar-refractivity contribution >= 4 is 5.91 Å². The molecular weight excluding hydrogens is 192 g/mol. The van der Waals surface area contributed by atoms with Crippen molar-refractivity contribution in [1.29, 1.82) is 0 Å². The molecule has 0 atom stereocenters. The van der Waals surface area contributed by atoms with Crippen LogP contribution in [-0.2, 0) is 11.3 Å². The van der Waals surface area contributed by atoms with Gasteiger partial charge in [0.25, 0.3) is 0 Å². The highest BCUT2D eigenvalue weighted by Gasteiger charge is 2.20. The Bertz CT molecular complexity index is 342. The zero-order valence-corrected chi connectivity index (χ0v) is 8.88. The molecule has 0 saturated heterocycles. The summed E-state index contributed by atoms with van der Waals surface area (Å²) in [5.74, 6) is 1.69. The molecule has 4 heteroatoms. The highest BCUT2D eigenvalue weighted by Crippen LogP contribution is 2.17. The summed E-state index contributed by atoms with van der Waals surface area (Å²) in [6.45, 7) is 2.77. The molecule has 2 rings (SSSR count). The van der Waals surface area contributed by atoms with E-state index in [1.807, 2.05) is 19.1 Å². The van der Waals surface area contributed by atoms with Crippen LogP contribution in [0.5, 0.6) is 0 Å². The SMILES string of the molecule is Cc1ccc(CNC(=O)CNC2CC2)o1. The Morgan fingerprint density at radius 3 is 2.93 bits per heavy atom. The maximum Gasteiger partial charge on any atom is 0.234 e. The Labute approximate surface area is 89.0 Å². The monoisotopic (exact) mass is 208 g/mol. The van der Waals surface area contributed by atoms with Gasteiger partial charge in [0.05, 0.1) is 13.1 Å². The van der Waals surface area contributed by atoms with E-state index in [1.165, 1.54) is 12.8 Å². The van der Waals surface area contributed by atoms with Crippen LogP contribution in [0.4, 0.5) is 0 Å². The molecule has 1 aliphatic carbocycles. The molecule has 1 aromatic heterocycles. The number of amides is 1. The van der Waals surface area contributed by atoms with Crippen LogP contribution in [0.3, 0.4) is 0 Å². The molecule has 0 spiro atoms. The molecule has 1 aliphatic rings. The van der Waals surface area contributed by atoms with Crippen LogP contribution in [0.2, 0.25) is 0 Å². The first-order valence-corrected chi connectivity index (χ1v) is 5.29. The molecule has 1 heterocycles. The average molecular weight is 208 g/mol. The van der Waals surface area contributed by atoms with Gasteiger partial charge in [0.1, 0.15) is 11.5 Å². The first-order valence-electron chi connectivity index (χ1n) is 5.29. The fraction of sp³-hybridized carbons (Fsp3) is 0.545. The van der Waals surface area contributed by atoms with Gasteiger partial charge in [-0.15, -0.1) is 0 Å². The minimum atomic E-state index is 0.0240. The van der Waals surface area contributed by atoms with Crippen LogP contribution < -0.4 is 10.6 Å².